The third-order valence-corrected chi connectivity index (χ3v) is 3.43. The standard InChI is InChI=1S/C15H17BrN2/c1-11-2-4-12(5-3-11)15(10-17)18-14-8-6-13(16)7-9-14/h2-9,15,18H,10,17H2,1H3. The summed E-state index contributed by atoms with van der Waals surface area (Å²) in [7, 11) is 0. The summed E-state index contributed by atoms with van der Waals surface area (Å²) in [4.78, 5) is 0. The molecule has 0 aliphatic heterocycles. The number of nitrogens with two attached hydrogens (primary N) is 1. The number of halogens is 1. The maximum atomic E-state index is 5.85. The number of aryl methyl sites for hydroxylation is 1. The van der Waals surface area contributed by atoms with Gasteiger partial charge in [0.05, 0.1) is 6.04 Å². The molecule has 2 rings (SSSR count). The fraction of sp³-hybridized carbons (Fsp3) is 0.200. The van der Waals surface area contributed by atoms with Crippen LogP contribution in [0.2, 0.25) is 0 Å². The van der Waals surface area contributed by atoms with Crippen LogP contribution in [-0.2, 0) is 0 Å². The molecule has 0 aliphatic rings. The van der Waals surface area contributed by atoms with Gasteiger partial charge in [0.2, 0.25) is 0 Å². The quantitative estimate of drug-likeness (QED) is 0.900. The number of nitrogens with one attached hydrogen (secondary N) is 1. The zero-order valence-corrected chi connectivity index (χ0v) is 11.9. The second-order valence-corrected chi connectivity index (χ2v) is 5.27. The van der Waals surface area contributed by atoms with Gasteiger partial charge < -0.3 is 11.1 Å². The van der Waals surface area contributed by atoms with Crippen LogP contribution in [0.3, 0.4) is 0 Å². The van der Waals surface area contributed by atoms with Crippen molar-refractivity contribution in [1.82, 2.24) is 0 Å². The third-order valence-electron chi connectivity index (χ3n) is 2.90. The Balaban J connectivity index is 2.14. The van der Waals surface area contributed by atoms with E-state index in [1.807, 2.05) is 24.3 Å². The van der Waals surface area contributed by atoms with E-state index in [1.165, 1.54) is 11.1 Å². The smallest absolute Gasteiger partial charge is 0.0636 e. The fourth-order valence-electron chi connectivity index (χ4n) is 1.82. The normalized spacial score (nSPS) is 12.2. The van der Waals surface area contributed by atoms with E-state index in [9.17, 15) is 0 Å². The van der Waals surface area contributed by atoms with Gasteiger partial charge in [0.15, 0.2) is 0 Å². The van der Waals surface area contributed by atoms with Crippen molar-refractivity contribution >= 4 is 21.6 Å². The zero-order valence-electron chi connectivity index (χ0n) is 10.4. The number of hydrogen-bond acceptors (Lipinski definition) is 2. The molecule has 1 atom stereocenters. The number of anilines is 1. The lowest BCUT2D eigenvalue weighted by atomic mass is 10.0. The molecular weight excluding hydrogens is 288 g/mol. The predicted molar refractivity (Wildman–Crippen MR) is 80.7 cm³/mol. The maximum absolute atomic E-state index is 5.85. The highest BCUT2D eigenvalue weighted by atomic mass is 79.9. The first kappa shape index (κ1) is 13.1. The lowest BCUT2D eigenvalue weighted by Crippen LogP contribution is -2.20. The van der Waals surface area contributed by atoms with Crippen LogP contribution >= 0.6 is 15.9 Å². The molecule has 94 valence electrons. The molecule has 0 fully saturated rings. The van der Waals surface area contributed by atoms with Gasteiger partial charge in [-0.05, 0) is 36.8 Å². The summed E-state index contributed by atoms with van der Waals surface area (Å²) in [6.07, 6.45) is 0. The molecule has 3 heteroatoms. The molecule has 2 aromatic carbocycles. The summed E-state index contributed by atoms with van der Waals surface area (Å²) in [5.74, 6) is 0. The van der Waals surface area contributed by atoms with E-state index in [2.05, 4.69) is 52.4 Å². The summed E-state index contributed by atoms with van der Waals surface area (Å²) >= 11 is 3.43. The number of hydrogen-bond donors (Lipinski definition) is 2. The van der Waals surface area contributed by atoms with Crippen LogP contribution in [0.5, 0.6) is 0 Å². The van der Waals surface area contributed by atoms with Crippen LogP contribution in [0.25, 0.3) is 0 Å². The molecule has 0 saturated heterocycles. The Hall–Kier alpha value is -1.32. The first-order chi connectivity index (χ1) is 8.69. The first-order valence-corrected chi connectivity index (χ1v) is 6.77. The Morgan fingerprint density at radius 2 is 1.67 bits per heavy atom. The van der Waals surface area contributed by atoms with Crippen LogP contribution in [0.4, 0.5) is 5.69 Å². The summed E-state index contributed by atoms with van der Waals surface area (Å²) in [6, 6.07) is 16.7. The Morgan fingerprint density at radius 3 is 2.22 bits per heavy atom. The lowest BCUT2D eigenvalue weighted by Gasteiger charge is -2.19. The van der Waals surface area contributed by atoms with Gasteiger partial charge in [-0.1, -0.05) is 45.8 Å². The van der Waals surface area contributed by atoms with Crippen molar-refractivity contribution < 1.29 is 0 Å². The van der Waals surface area contributed by atoms with Crippen molar-refractivity contribution in [3.63, 3.8) is 0 Å². The molecule has 0 bridgehead atoms. The molecule has 1 unspecified atom stereocenters. The van der Waals surface area contributed by atoms with Crippen LogP contribution in [0.1, 0.15) is 17.2 Å². The van der Waals surface area contributed by atoms with Crippen molar-refractivity contribution in [3.8, 4) is 0 Å². The largest absolute Gasteiger partial charge is 0.377 e. The minimum absolute atomic E-state index is 0.145. The molecule has 0 spiro atoms. The number of rotatable bonds is 4. The highest BCUT2D eigenvalue weighted by Gasteiger charge is 2.08. The van der Waals surface area contributed by atoms with Crippen LogP contribution in [0, 0.1) is 6.92 Å². The minimum Gasteiger partial charge on any atom is -0.377 e. The van der Waals surface area contributed by atoms with E-state index in [1.54, 1.807) is 0 Å². The molecule has 3 N–H and O–H groups in total. The number of benzene rings is 2. The third kappa shape index (κ3) is 3.34. The van der Waals surface area contributed by atoms with Gasteiger partial charge in [0.25, 0.3) is 0 Å². The van der Waals surface area contributed by atoms with Crippen molar-refractivity contribution in [2.24, 2.45) is 5.73 Å². The zero-order chi connectivity index (χ0) is 13.0. The van der Waals surface area contributed by atoms with E-state index in [0.29, 0.717) is 6.54 Å². The average molecular weight is 305 g/mol. The highest BCUT2D eigenvalue weighted by molar-refractivity contribution is 9.10. The molecule has 0 amide bonds. The molecule has 2 nitrogen and oxygen atoms in total. The molecule has 0 radical (unpaired) electrons. The average Bonchev–Trinajstić information content (AvgIpc) is 2.39. The van der Waals surface area contributed by atoms with E-state index < -0.39 is 0 Å². The molecular formula is C15H17BrN2. The van der Waals surface area contributed by atoms with Gasteiger partial charge in [-0.2, -0.15) is 0 Å². The Morgan fingerprint density at radius 1 is 1.06 bits per heavy atom. The molecule has 18 heavy (non-hydrogen) atoms. The van der Waals surface area contributed by atoms with Gasteiger partial charge >= 0.3 is 0 Å². The molecule has 0 aromatic heterocycles. The Kier molecular flexibility index (Phi) is 4.39. The highest BCUT2D eigenvalue weighted by Crippen LogP contribution is 2.21. The lowest BCUT2D eigenvalue weighted by molar-refractivity contribution is 0.789. The predicted octanol–water partition coefficient (Wildman–Crippen LogP) is 3.87. The van der Waals surface area contributed by atoms with Crippen molar-refractivity contribution in [2.45, 2.75) is 13.0 Å². The summed E-state index contributed by atoms with van der Waals surface area (Å²) in [5.41, 5.74) is 9.40. The first-order valence-electron chi connectivity index (χ1n) is 5.98. The van der Waals surface area contributed by atoms with Gasteiger partial charge in [0, 0.05) is 16.7 Å². The van der Waals surface area contributed by atoms with Crippen LogP contribution in [-0.4, -0.2) is 6.54 Å². The summed E-state index contributed by atoms with van der Waals surface area (Å²) in [6.45, 7) is 2.66. The second-order valence-electron chi connectivity index (χ2n) is 4.35. The Labute approximate surface area is 116 Å². The van der Waals surface area contributed by atoms with Gasteiger partial charge in [0.1, 0.15) is 0 Å². The molecule has 2 aromatic rings. The fourth-order valence-corrected chi connectivity index (χ4v) is 2.09. The monoisotopic (exact) mass is 304 g/mol. The maximum Gasteiger partial charge on any atom is 0.0636 e. The van der Waals surface area contributed by atoms with Crippen molar-refractivity contribution in [1.29, 1.82) is 0 Å². The van der Waals surface area contributed by atoms with Crippen molar-refractivity contribution in [2.75, 3.05) is 11.9 Å². The summed E-state index contributed by atoms with van der Waals surface area (Å²) < 4.78 is 1.08. The molecule has 0 saturated carbocycles. The van der Waals surface area contributed by atoms with E-state index in [0.717, 1.165) is 10.2 Å². The van der Waals surface area contributed by atoms with Gasteiger partial charge in [-0.3, -0.25) is 0 Å². The summed E-state index contributed by atoms with van der Waals surface area (Å²) in [5, 5.41) is 3.45. The molecule has 0 aliphatic carbocycles. The SMILES string of the molecule is Cc1ccc(C(CN)Nc2ccc(Br)cc2)cc1. The van der Waals surface area contributed by atoms with Crippen molar-refractivity contribution in [3.05, 3.63) is 64.1 Å². The van der Waals surface area contributed by atoms with Crippen LogP contribution in [0.15, 0.2) is 53.0 Å². The minimum atomic E-state index is 0.145. The molecule has 0 heterocycles. The van der Waals surface area contributed by atoms with E-state index in [4.69, 9.17) is 5.73 Å². The van der Waals surface area contributed by atoms with Gasteiger partial charge in [-0.15, -0.1) is 0 Å². The van der Waals surface area contributed by atoms with Crippen LogP contribution < -0.4 is 11.1 Å². The topological polar surface area (TPSA) is 38.0 Å². The second kappa shape index (κ2) is 6.03. The van der Waals surface area contributed by atoms with Gasteiger partial charge in [-0.25, -0.2) is 0 Å². The Bertz CT molecular complexity index is 491. The van der Waals surface area contributed by atoms with E-state index >= 15 is 0 Å². The van der Waals surface area contributed by atoms with E-state index in [-0.39, 0.29) is 6.04 Å².